The van der Waals surface area contributed by atoms with Crippen molar-refractivity contribution in [3.8, 4) is 0 Å². The zero-order valence-electron chi connectivity index (χ0n) is 12.5. The summed E-state index contributed by atoms with van der Waals surface area (Å²) in [5, 5.41) is 0. The van der Waals surface area contributed by atoms with E-state index >= 15 is 0 Å². The lowest BCUT2D eigenvalue weighted by Crippen LogP contribution is -2.01. The van der Waals surface area contributed by atoms with Crippen molar-refractivity contribution in [1.29, 1.82) is 0 Å². The maximum Gasteiger partial charge on any atom is -0.0168 e. The van der Waals surface area contributed by atoms with Crippen LogP contribution in [-0.4, -0.2) is 0 Å². The van der Waals surface area contributed by atoms with Crippen molar-refractivity contribution in [3.63, 3.8) is 0 Å². The van der Waals surface area contributed by atoms with Crippen molar-refractivity contribution in [2.24, 2.45) is 5.92 Å². The van der Waals surface area contributed by atoms with E-state index in [-0.39, 0.29) is 0 Å². The zero-order valence-corrected chi connectivity index (χ0v) is 12.5. The minimum Gasteiger partial charge on any atom is -0.0955 e. The van der Waals surface area contributed by atoms with Gasteiger partial charge in [0, 0.05) is 0 Å². The quantitative estimate of drug-likeness (QED) is 0.448. The van der Waals surface area contributed by atoms with E-state index in [4.69, 9.17) is 0 Å². The van der Waals surface area contributed by atoms with Crippen LogP contribution in [0.15, 0.2) is 35.5 Å². The fraction of sp³-hybridized carbons (Fsp3) is 0.647. The summed E-state index contributed by atoms with van der Waals surface area (Å²) in [6, 6.07) is 0. The lowest BCUT2D eigenvalue weighted by molar-refractivity contribution is 0.513. The first-order valence-corrected chi connectivity index (χ1v) is 7.09. The number of allylic oxidation sites excluding steroid dienone is 5. The van der Waals surface area contributed by atoms with Gasteiger partial charge < -0.3 is 0 Å². The molecule has 17 heavy (non-hydrogen) atoms. The Labute approximate surface area is 109 Å². The minimum atomic E-state index is 0.678. The molecule has 0 aromatic carbocycles. The van der Waals surface area contributed by atoms with Gasteiger partial charge in [0.1, 0.15) is 0 Å². The Bertz CT molecular complexity index is 268. The zero-order chi connectivity index (χ0) is 13.3. The number of hydrogen-bond acceptors (Lipinski definition) is 0. The van der Waals surface area contributed by atoms with E-state index in [1.54, 1.807) is 0 Å². The van der Waals surface area contributed by atoms with Crippen LogP contribution in [0.4, 0.5) is 0 Å². The molecule has 0 heteroatoms. The Morgan fingerprint density at radius 1 is 1.00 bits per heavy atom. The van der Waals surface area contributed by atoms with E-state index in [2.05, 4.69) is 53.3 Å². The molecule has 0 amide bonds. The average molecular weight is 234 g/mol. The van der Waals surface area contributed by atoms with Crippen molar-refractivity contribution in [2.45, 2.75) is 66.7 Å². The molecule has 0 spiro atoms. The Balaban J connectivity index is 4.74. The normalized spacial score (nSPS) is 11.8. The fourth-order valence-corrected chi connectivity index (χ4v) is 2.18. The molecule has 0 aromatic rings. The molecule has 0 rings (SSSR count). The maximum atomic E-state index is 4.28. The van der Waals surface area contributed by atoms with Gasteiger partial charge in [-0.05, 0) is 44.6 Å². The summed E-state index contributed by atoms with van der Waals surface area (Å²) in [7, 11) is 0. The third kappa shape index (κ3) is 7.20. The summed E-state index contributed by atoms with van der Waals surface area (Å²) in [5.74, 6) is 0.678. The van der Waals surface area contributed by atoms with E-state index in [0.717, 1.165) is 6.42 Å². The molecule has 0 radical (unpaired) electrons. The Hall–Kier alpha value is -0.780. The van der Waals surface area contributed by atoms with Crippen LogP contribution in [0, 0.1) is 5.92 Å². The summed E-state index contributed by atoms with van der Waals surface area (Å²) < 4.78 is 0. The predicted octanol–water partition coefficient (Wildman–Crippen LogP) is 6.06. The van der Waals surface area contributed by atoms with Gasteiger partial charge in [-0.2, -0.15) is 0 Å². The second-order valence-electron chi connectivity index (χ2n) is 5.14. The molecule has 98 valence electrons. The van der Waals surface area contributed by atoms with Gasteiger partial charge >= 0.3 is 0 Å². The van der Waals surface area contributed by atoms with Crippen molar-refractivity contribution in [3.05, 3.63) is 35.5 Å². The van der Waals surface area contributed by atoms with Gasteiger partial charge in [-0.3, -0.25) is 0 Å². The van der Waals surface area contributed by atoms with Gasteiger partial charge in [-0.15, -0.1) is 0 Å². The second kappa shape index (κ2) is 9.27. The molecule has 0 saturated carbocycles. The van der Waals surface area contributed by atoms with Crippen LogP contribution in [0.3, 0.4) is 0 Å². The third-order valence-electron chi connectivity index (χ3n) is 3.05. The summed E-state index contributed by atoms with van der Waals surface area (Å²) in [6.07, 6.45) is 10.7. The highest BCUT2D eigenvalue weighted by atomic mass is 14.1. The molecule has 0 bridgehead atoms. The van der Waals surface area contributed by atoms with Crippen LogP contribution in [0.25, 0.3) is 0 Å². The van der Waals surface area contributed by atoms with Gasteiger partial charge in [0.15, 0.2) is 0 Å². The number of rotatable bonds is 8. The highest BCUT2D eigenvalue weighted by molar-refractivity contribution is 5.31. The number of hydrogen-bond donors (Lipinski definition) is 0. The standard InChI is InChI=1S/C17H30/c1-7-10-17(11-8-2)15(6)13-16(9-3)12-14(4)5/h12-13,17H,6-11H2,1-5H3/b16-13-. The molecule has 0 aromatic heterocycles. The van der Waals surface area contributed by atoms with Crippen LogP contribution >= 0.6 is 0 Å². The molecule has 0 saturated heterocycles. The predicted molar refractivity (Wildman–Crippen MR) is 80.3 cm³/mol. The van der Waals surface area contributed by atoms with Gasteiger partial charge in [-0.1, -0.05) is 63.5 Å². The highest BCUT2D eigenvalue weighted by Gasteiger charge is 2.09. The Morgan fingerprint density at radius 2 is 1.53 bits per heavy atom. The van der Waals surface area contributed by atoms with E-state index in [1.807, 2.05) is 0 Å². The van der Waals surface area contributed by atoms with Crippen molar-refractivity contribution in [2.75, 3.05) is 0 Å². The van der Waals surface area contributed by atoms with E-state index < -0.39 is 0 Å². The van der Waals surface area contributed by atoms with E-state index in [0.29, 0.717) is 5.92 Å². The van der Waals surface area contributed by atoms with Gasteiger partial charge in [-0.25, -0.2) is 0 Å². The average Bonchev–Trinajstić information content (AvgIpc) is 2.27. The van der Waals surface area contributed by atoms with E-state index in [9.17, 15) is 0 Å². The summed E-state index contributed by atoms with van der Waals surface area (Å²) in [4.78, 5) is 0. The van der Waals surface area contributed by atoms with Crippen LogP contribution in [0.2, 0.25) is 0 Å². The van der Waals surface area contributed by atoms with Crippen LogP contribution in [0.1, 0.15) is 66.7 Å². The van der Waals surface area contributed by atoms with Gasteiger partial charge in [0.2, 0.25) is 0 Å². The fourth-order valence-electron chi connectivity index (χ4n) is 2.18. The molecular formula is C17H30. The Morgan fingerprint density at radius 3 is 1.88 bits per heavy atom. The van der Waals surface area contributed by atoms with Crippen LogP contribution in [0.5, 0.6) is 0 Å². The molecule has 0 aliphatic rings. The third-order valence-corrected chi connectivity index (χ3v) is 3.05. The lowest BCUT2D eigenvalue weighted by atomic mass is 9.89. The molecule has 0 aliphatic carbocycles. The smallest absolute Gasteiger partial charge is 0.0168 e. The molecule has 0 aliphatic heterocycles. The second-order valence-corrected chi connectivity index (χ2v) is 5.14. The molecule has 0 atom stereocenters. The monoisotopic (exact) mass is 234 g/mol. The highest BCUT2D eigenvalue weighted by Crippen LogP contribution is 2.24. The molecule has 0 fully saturated rings. The Kier molecular flexibility index (Phi) is 8.85. The summed E-state index contributed by atoms with van der Waals surface area (Å²) in [6.45, 7) is 15.3. The first kappa shape index (κ1) is 16.2. The van der Waals surface area contributed by atoms with Crippen molar-refractivity contribution < 1.29 is 0 Å². The molecular weight excluding hydrogens is 204 g/mol. The van der Waals surface area contributed by atoms with E-state index in [1.165, 1.54) is 42.4 Å². The first-order chi connectivity index (χ1) is 8.04. The van der Waals surface area contributed by atoms with Crippen molar-refractivity contribution >= 4 is 0 Å². The largest absolute Gasteiger partial charge is 0.0955 e. The van der Waals surface area contributed by atoms with Gasteiger partial charge in [0.05, 0.1) is 0 Å². The SMILES string of the molecule is C=C(/C=C(\C=C(C)C)CC)C(CCC)CCC. The van der Waals surface area contributed by atoms with Crippen LogP contribution in [-0.2, 0) is 0 Å². The molecule has 0 unspecified atom stereocenters. The van der Waals surface area contributed by atoms with Crippen LogP contribution < -0.4 is 0 Å². The molecule has 0 N–H and O–H groups in total. The minimum absolute atomic E-state index is 0.678. The lowest BCUT2D eigenvalue weighted by Gasteiger charge is -2.16. The maximum absolute atomic E-state index is 4.28. The van der Waals surface area contributed by atoms with Crippen molar-refractivity contribution in [1.82, 2.24) is 0 Å². The summed E-state index contributed by atoms with van der Waals surface area (Å²) >= 11 is 0. The molecule has 0 heterocycles. The van der Waals surface area contributed by atoms with Gasteiger partial charge in [0.25, 0.3) is 0 Å². The summed E-state index contributed by atoms with van der Waals surface area (Å²) in [5.41, 5.74) is 4.10. The molecule has 0 nitrogen and oxygen atoms in total. The first-order valence-electron chi connectivity index (χ1n) is 7.09. The topological polar surface area (TPSA) is 0 Å².